The van der Waals surface area contributed by atoms with E-state index < -0.39 is 105 Å². The molecule has 0 rings (SSSR count). The summed E-state index contributed by atoms with van der Waals surface area (Å²) < 4.78 is 258. The van der Waals surface area contributed by atoms with Crippen LogP contribution >= 0.6 is 0 Å². The van der Waals surface area contributed by atoms with Crippen LogP contribution in [0.25, 0.3) is 0 Å². The van der Waals surface area contributed by atoms with Crippen LogP contribution in [0.2, 0.25) is 0 Å². The molecule has 1 radical (unpaired) electrons. The molecular formula is C30H33EuF21O6. The van der Waals surface area contributed by atoms with Crippen LogP contribution in [-0.2, 0) is 14.4 Å². The summed E-state index contributed by atoms with van der Waals surface area (Å²) in [6, 6.07) is 0. The first-order chi connectivity index (χ1) is 24.1. The Morgan fingerprint density at radius 3 is 0.534 bits per heavy atom. The number of carbonyl (C=O) groups is 3. The monoisotopic (exact) mass is 1040 g/mol. The Hall–Kier alpha value is -2.26. The normalized spacial score (nSPS) is 15.3. The molecule has 58 heavy (non-hydrogen) atoms. The Bertz CT molecular complexity index is 1350. The summed E-state index contributed by atoms with van der Waals surface area (Å²) in [4.78, 5) is 32.5. The van der Waals surface area contributed by atoms with E-state index in [0.29, 0.717) is 0 Å². The van der Waals surface area contributed by atoms with Gasteiger partial charge < -0.3 is 15.3 Å². The third kappa shape index (κ3) is 15.0. The molecule has 0 aliphatic rings. The molecule has 0 aromatic heterocycles. The van der Waals surface area contributed by atoms with Crippen molar-refractivity contribution < 1.29 is 171 Å². The molecule has 0 heterocycles. The zero-order valence-electron chi connectivity index (χ0n) is 30.6. The van der Waals surface area contributed by atoms with Crippen LogP contribution in [0.5, 0.6) is 0 Å². The molecule has 0 atom stereocenters. The molecule has 3 N–H and O–H groups in total. The number of rotatable bonds is 9. The van der Waals surface area contributed by atoms with Gasteiger partial charge in [-0.15, -0.1) is 0 Å². The first-order valence-corrected chi connectivity index (χ1v) is 14.5. The first-order valence-electron chi connectivity index (χ1n) is 14.5. The van der Waals surface area contributed by atoms with Crippen molar-refractivity contribution in [3.8, 4) is 0 Å². The number of hydrogen-bond donors (Lipinski definition) is 3. The Labute approximate surface area is 355 Å². The first kappa shape index (κ1) is 62.4. The summed E-state index contributed by atoms with van der Waals surface area (Å²) in [6.45, 7) is 11.2. The van der Waals surface area contributed by atoms with Crippen LogP contribution in [0, 0.1) is 65.6 Å². The van der Waals surface area contributed by atoms with E-state index in [-0.39, 0.29) is 67.6 Å². The van der Waals surface area contributed by atoms with Crippen LogP contribution in [-0.4, -0.2) is 86.7 Å². The molecule has 0 fully saturated rings. The smallest absolute Gasteiger partial charge is 0.460 e. The largest absolute Gasteiger partial charge is 0.512 e. The second-order valence-electron chi connectivity index (χ2n) is 14.4. The number of halogens is 21. The third-order valence-corrected chi connectivity index (χ3v) is 6.29. The van der Waals surface area contributed by atoms with Crippen molar-refractivity contribution in [2.24, 2.45) is 16.2 Å². The Balaban J connectivity index is -0.000000374. The summed E-state index contributed by atoms with van der Waals surface area (Å²) in [7, 11) is 0. The van der Waals surface area contributed by atoms with E-state index in [2.05, 4.69) is 0 Å². The molecule has 0 aromatic carbocycles. The molecule has 0 aliphatic carbocycles. The van der Waals surface area contributed by atoms with Gasteiger partial charge in [0.1, 0.15) is 17.3 Å². The van der Waals surface area contributed by atoms with Crippen LogP contribution < -0.4 is 0 Å². The van der Waals surface area contributed by atoms with Crippen molar-refractivity contribution in [3.05, 3.63) is 35.5 Å². The van der Waals surface area contributed by atoms with Gasteiger partial charge in [-0.05, 0) is 0 Å². The van der Waals surface area contributed by atoms with E-state index in [1.54, 1.807) is 0 Å². The Morgan fingerprint density at radius 1 is 0.328 bits per heavy atom. The van der Waals surface area contributed by atoms with E-state index >= 15 is 0 Å². The van der Waals surface area contributed by atoms with Crippen molar-refractivity contribution in [2.45, 2.75) is 116 Å². The van der Waals surface area contributed by atoms with Crippen LogP contribution in [0.4, 0.5) is 92.2 Å². The van der Waals surface area contributed by atoms with Crippen molar-refractivity contribution in [3.63, 3.8) is 0 Å². The predicted octanol–water partition coefficient (Wildman–Crippen LogP) is 11.6. The van der Waals surface area contributed by atoms with Crippen molar-refractivity contribution in [1.82, 2.24) is 0 Å². The maximum absolute atomic E-state index is 12.9. The fourth-order valence-electron chi connectivity index (χ4n) is 2.29. The minimum absolute atomic E-state index is 0. The topological polar surface area (TPSA) is 112 Å². The third-order valence-electron chi connectivity index (χ3n) is 6.29. The summed E-state index contributed by atoms with van der Waals surface area (Å²) in [6.07, 6.45) is -20.7. The molecule has 6 nitrogen and oxygen atoms in total. The van der Waals surface area contributed by atoms with E-state index in [1.807, 2.05) is 0 Å². The second-order valence-corrected chi connectivity index (χ2v) is 14.4. The molecule has 28 heteroatoms. The number of carbonyl (C=O) groups excluding carboxylic acids is 3. The van der Waals surface area contributed by atoms with Gasteiger partial charge in [0.25, 0.3) is 0 Å². The average Bonchev–Trinajstić information content (AvgIpc) is 2.93. The molecule has 0 unspecified atom stereocenters. The maximum atomic E-state index is 12.9. The number of aliphatic hydroxyl groups excluding tert-OH is 3. The second kappa shape index (κ2) is 19.2. The summed E-state index contributed by atoms with van der Waals surface area (Å²) in [5.41, 5.74) is -3.75. The van der Waals surface area contributed by atoms with E-state index in [1.165, 1.54) is 62.3 Å². The quantitative estimate of drug-likeness (QED) is 0.120. The SMILES string of the molecule is CC(C)(C)/C(O)=C\C(=O)C(F)(F)C(F)(F)C(F)(F)F.CC(C)(C)C(O)=CC(=O)C(F)(F)C(F)(F)C(F)(F)F.CC(C)(C)C(O)=CC(=O)C(F)(F)C(F)(F)C(F)(F)F.[Eu]. The number of aliphatic hydroxyl groups is 3. The average molecular weight is 1040 g/mol. The zero-order valence-corrected chi connectivity index (χ0v) is 33.0. The standard InChI is InChI=1S/3C10H11F7O2.Eu/c3*1-7(2,3)5(18)4-6(19)8(11,12)9(13,14)10(15,16)17;/h3*4,18H,1-3H3;/b5-4+;;;. The Kier molecular flexibility index (Phi) is 20.7. The molecule has 0 bridgehead atoms. The van der Waals surface area contributed by atoms with Gasteiger partial charge in [-0.2, -0.15) is 92.2 Å². The molecule has 343 valence electrons. The zero-order chi connectivity index (χ0) is 47.6. The van der Waals surface area contributed by atoms with Gasteiger partial charge in [-0.3, -0.25) is 14.4 Å². The maximum Gasteiger partial charge on any atom is 0.460 e. The van der Waals surface area contributed by atoms with Crippen LogP contribution in [0.1, 0.15) is 62.3 Å². The molecular weight excluding hydrogens is 1010 g/mol. The fraction of sp³-hybridized carbons (Fsp3) is 0.700. The number of allylic oxidation sites excluding steroid dienone is 6. The molecule has 0 saturated heterocycles. The summed E-state index contributed by atoms with van der Waals surface area (Å²) in [5.74, 6) is -49.1. The van der Waals surface area contributed by atoms with Gasteiger partial charge in [-0.1, -0.05) is 62.3 Å². The van der Waals surface area contributed by atoms with Crippen LogP contribution in [0.3, 0.4) is 0 Å². The van der Waals surface area contributed by atoms with Crippen molar-refractivity contribution in [1.29, 1.82) is 0 Å². The van der Waals surface area contributed by atoms with E-state index in [0.717, 1.165) is 0 Å². The minimum Gasteiger partial charge on any atom is -0.512 e. The molecule has 0 spiro atoms. The predicted molar refractivity (Wildman–Crippen MR) is 153 cm³/mol. The number of hydrogen-bond acceptors (Lipinski definition) is 6. The molecule has 0 amide bonds. The molecule has 0 aliphatic heterocycles. The summed E-state index contributed by atoms with van der Waals surface area (Å²) >= 11 is 0. The molecule has 0 saturated carbocycles. The van der Waals surface area contributed by atoms with E-state index in [4.69, 9.17) is 15.3 Å². The van der Waals surface area contributed by atoms with Gasteiger partial charge in [0.05, 0.1) is 0 Å². The summed E-state index contributed by atoms with van der Waals surface area (Å²) in [5, 5.41) is 27.5. The van der Waals surface area contributed by atoms with Crippen molar-refractivity contribution in [2.75, 3.05) is 0 Å². The number of ketones is 3. The number of alkyl halides is 21. The minimum atomic E-state index is -6.59. The van der Waals surface area contributed by atoms with Gasteiger partial charge in [-0.25, -0.2) is 0 Å². The fourth-order valence-corrected chi connectivity index (χ4v) is 2.29. The van der Waals surface area contributed by atoms with E-state index in [9.17, 15) is 107 Å². The van der Waals surface area contributed by atoms with Gasteiger partial charge in [0.2, 0.25) is 17.3 Å². The van der Waals surface area contributed by atoms with Gasteiger partial charge in [0.15, 0.2) is 0 Å². The van der Waals surface area contributed by atoms with Gasteiger partial charge >= 0.3 is 54.1 Å². The van der Waals surface area contributed by atoms with Crippen LogP contribution in [0.15, 0.2) is 35.5 Å². The molecule has 0 aromatic rings. The van der Waals surface area contributed by atoms with Crippen molar-refractivity contribution >= 4 is 17.3 Å². The van der Waals surface area contributed by atoms with Gasteiger partial charge in [0, 0.05) is 83.8 Å². The Morgan fingerprint density at radius 2 is 0.448 bits per heavy atom.